The fraction of sp³-hybridized carbons (Fsp3) is 0.0800. The summed E-state index contributed by atoms with van der Waals surface area (Å²) in [6.45, 7) is -0.423. The van der Waals surface area contributed by atoms with Gasteiger partial charge < -0.3 is 20.1 Å². The van der Waals surface area contributed by atoms with Gasteiger partial charge >= 0.3 is 5.97 Å². The summed E-state index contributed by atoms with van der Waals surface area (Å²) >= 11 is 0. The number of esters is 1. The maximum Gasteiger partial charge on any atom is 0.331 e. The molecule has 0 bridgehead atoms. The number of para-hydroxylation sites is 2. The highest BCUT2D eigenvalue weighted by atomic mass is 16.5. The van der Waals surface area contributed by atoms with Crippen LogP contribution in [0.4, 0.5) is 11.4 Å². The van der Waals surface area contributed by atoms with Crippen molar-refractivity contribution in [2.24, 2.45) is 0 Å². The van der Waals surface area contributed by atoms with Crippen molar-refractivity contribution in [3.05, 3.63) is 96.1 Å². The summed E-state index contributed by atoms with van der Waals surface area (Å²) in [7, 11) is 1.53. The van der Waals surface area contributed by atoms with Gasteiger partial charge in [-0.1, -0.05) is 42.5 Å². The molecule has 2 amide bonds. The van der Waals surface area contributed by atoms with Crippen LogP contribution in [-0.4, -0.2) is 31.5 Å². The molecule has 0 fully saturated rings. The molecular weight excluding hydrogens is 408 g/mol. The molecule has 7 nitrogen and oxygen atoms in total. The van der Waals surface area contributed by atoms with Gasteiger partial charge in [0.2, 0.25) is 0 Å². The number of ether oxygens (including phenoxy) is 2. The Bertz CT molecular complexity index is 1110. The van der Waals surface area contributed by atoms with E-state index in [-0.39, 0.29) is 5.91 Å². The fourth-order valence-corrected chi connectivity index (χ4v) is 2.76. The molecule has 0 aliphatic heterocycles. The molecule has 0 heterocycles. The molecule has 0 unspecified atom stereocenters. The number of benzene rings is 3. The predicted octanol–water partition coefficient (Wildman–Crippen LogP) is 4.14. The van der Waals surface area contributed by atoms with Crippen molar-refractivity contribution in [2.45, 2.75) is 0 Å². The molecule has 3 rings (SSSR count). The first kappa shape index (κ1) is 22.3. The average molecular weight is 430 g/mol. The molecule has 0 spiro atoms. The Morgan fingerprint density at radius 1 is 0.844 bits per heavy atom. The van der Waals surface area contributed by atoms with Gasteiger partial charge in [-0.2, -0.15) is 0 Å². The molecule has 0 radical (unpaired) electrons. The molecule has 0 saturated heterocycles. The standard InChI is InChI=1S/C25H22N2O5/c1-31-22-10-6-5-9-21(22)27-25(30)19-12-14-20(15-13-19)26-23(28)17-32-24(29)16-11-18-7-3-2-4-8-18/h2-16H,17H2,1H3,(H,26,28)(H,27,30). The Hall–Kier alpha value is -4.39. The second kappa shape index (κ2) is 11.1. The summed E-state index contributed by atoms with van der Waals surface area (Å²) in [4.78, 5) is 36.2. The second-order valence-electron chi connectivity index (χ2n) is 6.63. The van der Waals surface area contributed by atoms with Gasteiger partial charge in [0.25, 0.3) is 11.8 Å². The molecule has 0 atom stereocenters. The van der Waals surface area contributed by atoms with Crippen molar-refractivity contribution in [1.82, 2.24) is 0 Å². The van der Waals surface area contributed by atoms with Gasteiger partial charge in [0.1, 0.15) is 5.75 Å². The van der Waals surface area contributed by atoms with E-state index in [1.165, 1.54) is 13.2 Å². The van der Waals surface area contributed by atoms with Gasteiger partial charge in [-0.05, 0) is 48.0 Å². The number of anilines is 2. The zero-order chi connectivity index (χ0) is 22.8. The number of methoxy groups -OCH3 is 1. The summed E-state index contributed by atoms with van der Waals surface area (Å²) in [6, 6.07) is 22.7. The minimum atomic E-state index is -0.618. The average Bonchev–Trinajstić information content (AvgIpc) is 2.83. The van der Waals surface area contributed by atoms with E-state index in [4.69, 9.17) is 9.47 Å². The minimum absolute atomic E-state index is 0.313. The van der Waals surface area contributed by atoms with Gasteiger partial charge in [-0.25, -0.2) is 4.79 Å². The van der Waals surface area contributed by atoms with Crippen LogP contribution in [0.5, 0.6) is 5.75 Å². The van der Waals surface area contributed by atoms with E-state index in [1.807, 2.05) is 36.4 Å². The third-order valence-corrected chi connectivity index (χ3v) is 4.34. The molecule has 0 aromatic heterocycles. The van der Waals surface area contributed by atoms with Gasteiger partial charge in [-0.15, -0.1) is 0 Å². The maximum atomic E-state index is 12.4. The topological polar surface area (TPSA) is 93.7 Å². The lowest BCUT2D eigenvalue weighted by atomic mass is 10.2. The van der Waals surface area contributed by atoms with Crippen LogP contribution in [0.3, 0.4) is 0 Å². The SMILES string of the molecule is COc1ccccc1NC(=O)c1ccc(NC(=O)COC(=O)C=Cc2ccccc2)cc1. The number of hydrogen-bond acceptors (Lipinski definition) is 5. The largest absolute Gasteiger partial charge is 0.495 e. The third-order valence-electron chi connectivity index (χ3n) is 4.34. The zero-order valence-corrected chi connectivity index (χ0v) is 17.4. The second-order valence-corrected chi connectivity index (χ2v) is 6.63. The van der Waals surface area contributed by atoms with Crippen LogP contribution >= 0.6 is 0 Å². The lowest BCUT2D eigenvalue weighted by molar-refractivity contribution is -0.142. The van der Waals surface area contributed by atoms with Gasteiger partial charge in [-0.3, -0.25) is 9.59 Å². The van der Waals surface area contributed by atoms with Gasteiger partial charge in [0.05, 0.1) is 12.8 Å². The molecule has 0 aliphatic carbocycles. The first-order valence-corrected chi connectivity index (χ1v) is 9.79. The summed E-state index contributed by atoms with van der Waals surface area (Å²) in [5.41, 5.74) is 2.29. The summed E-state index contributed by atoms with van der Waals surface area (Å²) < 4.78 is 10.2. The molecule has 32 heavy (non-hydrogen) atoms. The predicted molar refractivity (Wildman–Crippen MR) is 122 cm³/mol. The summed E-state index contributed by atoms with van der Waals surface area (Å²) in [5, 5.41) is 5.39. The number of nitrogens with one attached hydrogen (secondary N) is 2. The monoisotopic (exact) mass is 430 g/mol. The molecule has 2 N–H and O–H groups in total. The molecule has 7 heteroatoms. The quantitative estimate of drug-likeness (QED) is 0.414. The van der Waals surface area contributed by atoms with Crippen molar-refractivity contribution < 1.29 is 23.9 Å². The van der Waals surface area contributed by atoms with E-state index in [0.717, 1.165) is 5.56 Å². The maximum absolute atomic E-state index is 12.4. The van der Waals surface area contributed by atoms with E-state index in [1.54, 1.807) is 48.5 Å². The number of carbonyl (C=O) groups excluding carboxylic acids is 3. The minimum Gasteiger partial charge on any atom is -0.495 e. The number of amides is 2. The van der Waals surface area contributed by atoms with Crippen molar-refractivity contribution in [1.29, 1.82) is 0 Å². The molecule has 0 aliphatic rings. The zero-order valence-electron chi connectivity index (χ0n) is 17.4. The van der Waals surface area contributed by atoms with E-state index < -0.39 is 18.5 Å². The number of carbonyl (C=O) groups is 3. The summed E-state index contributed by atoms with van der Waals surface area (Å²) in [6.07, 6.45) is 2.87. The number of hydrogen-bond donors (Lipinski definition) is 2. The Morgan fingerprint density at radius 2 is 1.53 bits per heavy atom. The molecule has 3 aromatic rings. The van der Waals surface area contributed by atoms with E-state index in [9.17, 15) is 14.4 Å². The van der Waals surface area contributed by atoms with Crippen LogP contribution in [0.25, 0.3) is 6.08 Å². The third kappa shape index (κ3) is 6.56. The first-order chi connectivity index (χ1) is 15.5. The van der Waals surface area contributed by atoms with Crippen LogP contribution in [0.1, 0.15) is 15.9 Å². The van der Waals surface area contributed by atoms with Crippen molar-refractivity contribution in [3.8, 4) is 5.75 Å². The molecule has 162 valence electrons. The van der Waals surface area contributed by atoms with Crippen LogP contribution in [-0.2, 0) is 14.3 Å². The highest BCUT2D eigenvalue weighted by Gasteiger charge is 2.10. The number of rotatable bonds is 8. The molecule has 0 saturated carbocycles. The molecular formula is C25H22N2O5. The summed E-state index contributed by atoms with van der Waals surface area (Å²) in [5.74, 6) is -0.866. The van der Waals surface area contributed by atoms with E-state index in [2.05, 4.69) is 10.6 Å². The fourth-order valence-electron chi connectivity index (χ4n) is 2.76. The van der Waals surface area contributed by atoms with Crippen molar-refractivity contribution in [2.75, 3.05) is 24.4 Å². The smallest absolute Gasteiger partial charge is 0.331 e. The Kier molecular flexibility index (Phi) is 7.75. The van der Waals surface area contributed by atoms with E-state index >= 15 is 0 Å². The van der Waals surface area contributed by atoms with Crippen molar-refractivity contribution >= 4 is 35.2 Å². The van der Waals surface area contributed by atoms with Gasteiger partial charge in [0.15, 0.2) is 6.61 Å². The molecule has 3 aromatic carbocycles. The van der Waals surface area contributed by atoms with Gasteiger partial charge in [0, 0.05) is 17.3 Å². The Labute approximate surface area is 185 Å². The van der Waals surface area contributed by atoms with Crippen molar-refractivity contribution in [3.63, 3.8) is 0 Å². The van der Waals surface area contributed by atoms with E-state index in [0.29, 0.717) is 22.7 Å². The van der Waals surface area contributed by atoms with Crippen LogP contribution in [0, 0.1) is 0 Å². The lowest BCUT2D eigenvalue weighted by Crippen LogP contribution is -2.20. The Morgan fingerprint density at radius 3 is 2.25 bits per heavy atom. The first-order valence-electron chi connectivity index (χ1n) is 9.79. The highest BCUT2D eigenvalue weighted by molar-refractivity contribution is 6.05. The van der Waals surface area contributed by atoms with Crippen LogP contribution in [0.2, 0.25) is 0 Å². The van der Waals surface area contributed by atoms with Crippen LogP contribution in [0.15, 0.2) is 84.9 Å². The lowest BCUT2D eigenvalue weighted by Gasteiger charge is -2.10. The Balaban J connectivity index is 1.48. The highest BCUT2D eigenvalue weighted by Crippen LogP contribution is 2.23. The normalized spacial score (nSPS) is 10.4. The van der Waals surface area contributed by atoms with Crippen LogP contribution < -0.4 is 15.4 Å².